The molecule has 0 aliphatic heterocycles. The van der Waals surface area contributed by atoms with Gasteiger partial charge in [-0.25, -0.2) is 0 Å². The van der Waals surface area contributed by atoms with Crippen molar-refractivity contribution in [2.75, 3.05) is 0 Å². The predicted octanol–water partition coefficient (Wildman–Crippen LogP) is 2.37. The van der Waals surface area contributed by atoms with Gasteiger partial charge < -0.3 is 10.8 Å². The summed E-state index contributed by atoms with van der Waals surface area (Å²) < 4.78 is 0. The molecular formula is C9H11Cl2NO. The second-order valence-electron chi connectivity index (χ2n) is 2.98. The van der Waals surface area contributed by atoms with Crippen molar-refractivity contribution in [1.29, 1.82) is 0 Å². The van der Waals surface area contributed by atoms with Crippen LogP contribution in [0.25, 0.3) is 0 Å². The largest absolute Gasteiger partial charge is 0.387 e. The molecule has 2 atom stereocenters. The van der Waals surface area contributed by atoms with Crippen LogP contribution in [0.2, 0.25) is 10.0 Å². The Bertz CT molecular complexity index is 302. The Morgan fingerprint density at radius 1 is 1.31 bits per heavy atom. The van der Waals surface area contributed by atoms with Gasteiger partial charge in [-0.05, 0) is 24.6 Å². The maximum Gasteiger partial charge on any atom is 0.0938 e. The zero-order valence-electron chi connectivity index (χ0n) is 7.17. The van der Waals surface area contributed by atoms with E-state index in [1.807, 2.05) is 0 Å². The van der Waals surface area contributed by atoms with E-state index in [0.717, 1.165) is 0 Å². The lowest BCUT2D eigenvalue weighted by molar-refractivity contribution is 0.153. The molecule has 72 valence electrons. The van der Waals surface area contributed by atoms with Gasteiger partial charge in [0.25, 0.3) is 0 Å². The molecule has 0 aliphatic carbocycles. The third kappa shape index (κ3) is 2.58. The molecule has 0 aromatic heterocycles. The Labute approximate surface area is 87.3 Å². The highest BCUT2D eigenvalue weighted by Gasteiger charge is 2.13. The Hall–Kier alpha value is -0.280. The van der Waals surface area contributed by atoms with E-state index in [-0.39, 0.29) is 6.04 Å². The van der Waals surface area contributed by atoms with Crippen LogP contribution in [-0.4, -0.2) is 11.1 Å². The maximum atomic E-state index is 9.59. The van der Waals surface area contributed by atoms with Gasteiger partial charge in [0, 0.05) is 6.04 Å². The number of halogens is 2. The molecule has 0 spiro atoms. The van der Waals surface area contributed by atoms with Gasteiger partial charge in [-0.2, -0.15) is 0 Å². The van der Waals surface area contributed by atoms with Crippen molar-refractivity contribution >= 4 is 23.2 Å². The van der Waals surface area contributed by atoms with Gasteiger partial charge in [-0.3, -0.25) is 0 Å². The first-order valence-corrected chi connectivity index (χ1v) is 4.66. The topological polar surface area (TPSA) is 46.2 Å². The fourth-order valence-corrected chi connectivity index (χ4v) is 1.31. The van der Waals surface area contributed by atoms with Crippen LogP contribution in [0.3, 0.4) is 0 Å². The number of nitrogens with two attached hydrogens (primary N) is 1. The quantitative estimate of drug-likeness (QED) is 0.803. The van der Waals surface area contributed by atoms with E-state index in [0.29, 0.717) is 15.6 Å². The first-order chi connectivity index (χ1) is 6.02. The van der Waals surface area contributed by atoms with Crippen LogP contribution in [0.1, 0.15) is 18.6 Å². The maximum absolute atomic E-state index is 9.59. The SMILES string of the molecule is C[C@H](N)[C@@H](O)c1ccc(Cl)c(Cl)c1. The highest BCUT2D eigenvalue weighted by molar-refractivity contribution is 6.42. The molecule has 3 N–H and O–H groups in total. The molecule has 0 amide bonds. The Kier molecular flexibility index (Phi) is 3.56. The summed E-state index contributed by atoms with van der Waals surface area (Å²) in [5.41, 5.74) is 6.21. The van der Waals surface area contributed by atoms with Crippen LogP contribution in [0.15, 0.2) is 18.2 Å². The summed E-state index contributed by atoms with van der Waals surface area (Å²) in [6.07, 6.45) is -0.699. The van der Waals surface area contributed by atoms with Crippen molar-refractivity contribution in [1.82, 2.24) is 0 Å². The molecule has 2 nitrogen and oxygen atoms in total. The van der Waals surface area contributed by atoms with Crippen molar-refractivity contribution < 1.29 is 5.11 Å². The number of hydrogen-bond acceptors (Lipinski definition) is 2. The highest BCUT2D eigenvalue weighted by Crippen LogP contribution is 2.26. The number of rotatable bonds is 2. The normalized spacial score (nSPS) is 15.5. The minimum absolute atomic E-state index is 0.322. The first-order valence-electron chi connectivity index (χ1n) is 3.91. The van der Waals surface area contributed by atoms with Crippen LogP contribution in [0.5, 0.6) is 0 Å². The molecule has 1 aromatic rings. The van der Waals surface area contributed by atoms with E-state index in [2.05, 4.69) is 0 Å². The molecule has 0 saturated heterocycles. The number of benzene rings is 1. The number of hydrogen-bond donors (Lipinski definition) is 2. The van der Waals surface area contributed by atoms with Gasteiger partial charge in [0.1, 0.15) is 0 Å². The van der Waals surface area contributed by atoms with Gasteiger partial charge in [-0.1, -0.05) is 29.3 Å². The second kappa shape index (κ2) is 4.29. The number of aliphatic hydroxyl groups is 1. The minimum atomic E-state index is -0.699. The molecule has 1 aromatic carbocycles. The lowest BCUT2D eigenvalue weighted by Gasteiger charge is -2.15. The van der Waals surface area contributed by atoms with Crippen molar-refractivity contribution in [3.05, 3.63) is 33.8 Å². The van der Waals surface area contributed by atoms with Gasteiger partial charge in [0.2, 0.25) is 0 Å². The van der Waals surface area contributed by atoms with Crippen LogP contribution < -0.4 is 5.73 Å². The fraction of sp³-hybridized carbons (Fsp3) is 0.333. The summed E-state index contributed by atoms with van der Waals surface area (Å²) in [6.45, 7) is 1.73. The van der Waals surface area contributed by atoms with E-state index in [4.69, 9.17) is 28.9 Å². The molecule has 0 fully saturated rings. The molecule has 13 heavy (non-hydrogen) atoms. The molecule has 0 radical (unpaired) electrons. The average Bonchev–Trinajstić information content (AvgIpc) is 2.08. The summed E-state index contributed by atoms with van der Waals surface area (Å²) in [7, 11) is 0. The molecular weight excluding hydrogens is 209 g/mol. The van der Waals surface area contributed by atoms with Crippen molar-refractivity contribution in [2.24, 2.45) is 5.73 Å². The van der Waals surface area contributed by atoms with E-state index in [1.54, 1.807) is 25.1 Å². The Balaban J connectivity index is 2.97. The molecule has 4 heteroatoms. The molecule has 1 rings (SSSR count). The Morgan fingerprint density at radius 2 is 1.92 bits per heavy atom. The summed E-state index contributed by atoms with van der Waals surface area (Å²) in [4.78, 5) is 0. The zero-order valence-corrected chi connectivity index (χ0v) is 8.68. The van der Waals surface area contributed by atoms with E-state index in [9.17, 15) is 5.11 Å². The van der Waals surface area contributed by atoms with Crippen LogP contribution in [-0.2, 0) is 0 Å². The van der Waals surface area contributed by atoms with E-state index < -0.39 is 6.10 Å². The Morgan fingerprint density at radius 3 is 2.38 bits per heavy atom. The predicted molar refractivity (Wildman–Crippen MR) is 55.1 cm³/mol. The van der Waals surface area contributed by atoms with Crippen LogP contribution in [0.4, 0.5) is 0 Å². The van der Waals surface area contributed by atoms with Crippen molar-refractivity contribution in [3.63, 3.8) is 0 Å². The smallest absolute Gasteiger partial charge is 0.0938 e. The molecule has 0 saturated carbocycles. The minimum Gasteiger partial charge on any atom is -0.387 e. The molecule has 0 unspecified atom stereocenters. The van der Waals surface area contributed by atoms with Crippen molar-refractivity contribution in [2.45, 2.75) is 19.1 Å². The lowest BCUT2D eigenvalue weighted by atomic mass is 10.0. The van der Waals surface area contributed by atoms with Crippen LogP contribution in [0, 0.1) is 0 Å². The lowest BCUT2D eigenvalue weighted by Crippen LogP contribution is -2.24. The third-order valence-corrected chi connectivity index (χ3v) is 2.52. The van der Waals surface area contributed by atoms with Crippen LogP contribution >= 0.6 is 23.2 Å². The van der Waals surface area contributed by atoms with E-state index in [1.165, 1.54) is 0 Å². The summed E-state index contributed by atoms with van der Waals surface area (Å²) in [5, 5.41) is 10.5. The average molecular weight is 220 g/mol. The zero-order chi connectivity index (χ0) is 10.0. The first kappa shape index (κ1) is 10.8. The summed E-state index contributed by atoms with van der Waals surface area (Å²) in [6, 6.07) is 4.66. The molecule has 0 heterocycles. The molecule has 0 bridgehead atoms. The third-order valence-electron chi connectivity index (χ3n) is 1.78. The van der Waals surface area contributed by atoms with Gasteiger partial charge >= 0.3 is 0 Å². The summed E-state index contributed by atoms with van der Waals surface area (Å²) >= 11 is 11.5. The van der Waals surface area contributed by atoms with E-state index >= 15 is 0 Å². The van der Waals surface area contributed by atoms with Crippen molar-refractivity contribution in [3.8, 4) is 0 Å². The standard InChI is InChI=1S/C9H11Cl2NO/c1-5(12)9(13)6-2-3-7(10)8(11)4-6/h2-5,9,13H,12H2,1H3/t5-,9+/m0/s1. The number of aliphatic hydroxyl groups excluding tert-OH is 1. The summed E-state index contributed by atoms with van der Waals surface area (Å²) in [5.74, 6) is 0. The van der Waals surface area contributed by atoms with Gasteiger partial charge in [-0.15, -0.1) is 0 Å². The molecule has 0 aliphatic rings. The van der Waals surface area contributed by atoms with Gasteiger partial charge in [0.15, 0.2) is 0 Å². The fourth-order valence-electron chi connectivity index (χ4n) is 1.000. The monoisotopic (exact) mass is 219 g/mol. The second-order valence-corrected chi connectivity index (χ2v) is 3.79. The van der Waals surface area contributed by atoms with Gasteiger partial charge in [0.05, 0.1) is 16.1 Å². The highest BCUT2D eigenvalue weighted by atomic mass is 35.5.